The predicted molar refractivity (Wildman–Crippen MR) is 125 cm³/mol. The molecule has 1 aromatic heterocycles. The molecule has 1 atom stereocenters. The highest BCUT2D eigenvalue weighted by Crippen LogP contribution is 2.28. The molecule has 10 heteroatoms. The molecule has 2 heterocycles. The molecule has 0 spiro atoms. The number of methoxy groups -OCH3 is 1. The van der Waals surface area contributed by atoms with E-state index >= 15 is 0 Å². The number of thiazole rings is 1. The summed E-state index contributed by atoms with van der Waals surface area (Å²) < 4.78 is 35.8. The summed E-state index contributed by atoms with van der Waals surface area (Å²) in [6.07, 6.45) is 1.05. The second-order valence-corrected chi connectivity index (χ2v) is 11.0. The van der Waals surface area contributed by atoms with Crippen LogP contribution in [0, 0.1) is 6.92 Å². The number of nitrogens with zero attached hydrogens (tertiary/aromatic N) is 3. The van der Waals surface area contributed by atoms with Gasteiger partial charge in [-0.25, -0.2) is 8.42 Å². The second-order valence-electron chi connectivity index (χ2n) is 7.68. The summed E-state index contributed by atoms with van der Waals surface area (Å²) >= 11 is 7.32. The largest absolute Gasteiger partial charge is 0.383 e. The van der Waals surface area contributed by atoms with Crippen LogP contribution in [-0.4, -0.2) is 49.5 Å². The number of rotatable bonds is 6. The Morgan fingerprint density at radius 3 is 2.72 bits per heavy atom. The molecule has 4 rings (SSSR count). The maximum absolute atomic E-state index is 13.2. The van der Waals surface area contributed by atoms with Gasteiger partial charge in [-0.05, 0) is 61.7 Å². The number of halogens is 1. The number of ether oxygens (including phenoxy) is 1. The van der Waals surface area contributed by atoms with Crippen LogP contribution in [0.3, 0.4) is 0 Å². The zero-order valence-corrected chi connectivity index (χ0v) is 20.2. The Morgan fingerprint density at radius 2 is 2.00 bits per heavy atom. The number of benzene rings is 2. The van der Waals surface area contributed by atoms with E-state index in [0.29, 0.717) is 35.8 Å². The standard InChI is InChI=1S/C22H24ClN3O4S2/c1-15-5-10-18-20(14-15)31-22(25(18)12-13-30-2)24-21(27)19-4-3-11-26(19)32(28,29)17-8-6-16(23)7-9-17/h5-10,14,19H,3-4,11-13H2,1-2H3. The molecular weight excluding hydrogens is 470 g/mol. The number of sulfonamides is 1. The van der Waals surface area contributed by atoms with Gasteiger partial charge in [0.15, 0.2) is 4.80 Å². The summed E-state index contributed by atoms with van der Waals surface area (Å²) in [5.74, 6) is -0.450. The van der Waals surface area contributed by atoms with Crippen LogP contribution in [-0.2, 0) is 26.1 Å². The lowest BCUT2D eigenvalue weighted by Gasteiger charge is -2.21. The van der Waals surface area contributed by atoms with Gasteiger partial charge in [-0.2, -0.15) is 9.30 Å². The molecule has 0 aliphatic carbocycles. The predicted octanol–water partition coefficient (Wildman–Crippen LogP) is 3.59. The first kappa shape index (κ1) is 23.1. The first-order chi connectivity index (χ1) is 15.3. The quantitative estimate of drug-likeness (QED) is 0.525. The fraction of sp³-hybridized carbons (Fsp3) is 0.364. The van der Waals surface area contributed by atoms with Crippen molar-refractivity contribution in [2.24, 2.45) is 4.99 Å². The summed E-state index contributed by atoms with van der Waals surface area (Å²) in [6, 6.07) is 11.2. The molecule has 7 nitrogen and oxygen atoms in total. The molecule has 1 aliphatic heterocycles. The van der Waals surface area contributed by atoms with E-state index < -0.39 is 22.0 Å². The van der Waals surface area contributed by atoms with Gasteiger partial charge in [0.1, 0.15) is 6.04 Å². The number of carbonyl (C=O) groups is 1. The zero-order chi connectivity index (χ0) is 22.9. The molecule has 1 unspecified atom stereocenters. The van der Waals surface area contributed by atoms with Crippen LogP contribution in [0.5, 0.6) is 0 Å². The number of amides is 1. The molecule has 1 saturated heterocycles. The Kier molecular flexibility index (Phi) is 6.83. The molecule has 3 aromatic rings. The summed E-state index contributed by atoms with van der Waals surface area (Å²) in [6.45, 7) is 3.32. The van der Waals surface area contributed by atoms with E-state index in [1.165, 1.54) is 39.9 Å². The molecular formula is C22H24ClN3O4S2. The number of hydrogen-bond acceptors (Lipinski definition) is 5. The van der Waals surface area contributed by atoms with Crippen LogP contribution < -0.4 is 4.80 Å². The third kappa shape index (κ3) is 4.53. The topological polar surface area (TPSA) is 81.0 Å². The Balaban J connectivity index is 1.71. The van der Waals surface area contributed by atoms with E-state index in [1.54, 1.807) is 7.11 Å². The van der Waals surface area contributed by atoms with Crippen LogP contribution in [0.25, 0.3) is 10.2 Å². The van der Waals surface area contributed by atoms with E-state index in [-0.39, 0.29) is 11.4 Å². The van der Waals surface area contributed by atoms with E-state index in [4.69, 9.17) is 16.3 Å². The first-order valence-corrected chi connectivity index (χ1v) is 12.9. The number of carbonyl (C=O) groups excluding carboxylic acids is 1. The Morgan fingerprint density at radius 1 is 1.25 bits per heavy atom. The van der Waals surface area contributed by atoms with Crippen LogP contribution >= 0.6 is 22.9 Å². The number of aromatic nitrogens is 1. The second kappa shape index (κ2) is 9.44. The lowest BCUT2D eigenvalue weighted by Crippen LogP contribution is -2.40. The Bertz CT molecular complexity index is 1310. The van der Waals surface area contributed by atoms with Crippen LogP contribution in [0.2, 0.25) is 5.02 Å². The first-order valence-electron chi connectivity index (χ1n) is 10.3. The van der Waals surface area contributed by atoms with Crippen molar-refractivity contribution >= 4 is 49.1 Å². The Hall–Kier alpha value is -2.04. The normalized spacial score (nSPS) is 18.0. The van der Waals surface area contributed by atoms with Gasteiger partial charge >= 0.3 is 0 Å². The van der Waals surface area contributed by atoms with Crippen molar-refractivity contribution in [3.8, 4) is 0 Å². The van der Waals surface area contributed by atoms with E-state index in [9.17, 15) is 13.2 Å². The molecule has 170 valence electrons. The van der Waals surface area contributed by atoms with Gasteiger partial charge in [-0.3, -0.25) is 4.79 Å². The van der Waals surface area contributed by atoms with Gasteiger partial charge in [0.25, 0.3) is 5.91 Å². The SMILES string of the molecule is COCCn1c(=NC(=O)C2CCCN2S(=O)(=O)c2ccc(Cl)cc2)sc2cc(C)ccc21. The fourth-order valence-corrected chi connectivity index (χ4v) is 6.79. The monoisotopic (exact) mass is 493 g/mol. The van der Waals surface area contributed by atoms with Crippen molar-refractivity contribution < 1.29 is 17.9 Å². The van der Waals surface area contributed by atoms with Crippen LogP contribution in [0.4, 0.5) is 0 Å². The van der Waals surface area contributed by atoms with Gasteiger partial charge in [-0.1, -0.05) is 29.0 Å². The molecule has 1 amide bonds. The van der Waals surface area contributed by atoms with Gasteiger partial charge in [0, 0.05) is 25.2 Å². The van der Waals surface area contributed by atoms with Gasteiger partial charge in [0.2, 0.25) is 10.0 Å². The third-order valence-corrected chi connectivity index (χ3v) is 8.69. The summed E-state index contributed by atoms with van der Waals surface area (Å²) in [7, 11) is -2.20. The van der Waals surface area contributed by atoms with Crippen molar-refractivity contribution in [1.29, 1.82) is 0 Å². The van der Waals surface area contributed by atoms with Crippen LogP contribution in [0.1, 0.15) is 18.4 Å². The van der Waals surface area contributed by atoms with Crippen LogP contribution in [0.15, 0.2) is 52.4 Å². The number of hydrogen-bond donors (Lipinski definition) is 0. The van der Waals surface area contributed by atoms with Gasteiger partial charge in [0.05, 0.1) is 21.7 Å². The minimum absolute atomic E-state index is 0.120. The minimum atomic E-state index is -3.83. The minimum Gasteiger partial charge on any atom is -0.383 e. The number of fused-ring (bicyclic) bond motifs is 1. The van der Waals surface area contributed by atoms with Crippen molar-refractivity contribution in [1.82, 2.24) is 8.87 Å². The highest BCUT2D eigenvalue weighted by Gasteiger charge is 2.39. The summed E-state index contributed by atoms with van der Waals surface area (Å²) in [5.41, 5.74) is 2.09. The lowest BCUT2D eigenvalue weighted by molar-refractivity contribution is -0.121. The average Bonchev–Trinajstić information content (AvgIpc) is 3.37. The third-order valence-electron chi connectivity index (χ3n) is 5.47. The van der Waals surface area contributed by atoms with E-state index in [1.807, 2.05) is 23.6 Å². The molecule has 0 saturated carbocycles. The molecule has 32 heavy (non-hydrogen) atoms. The highest BCUT2D eigenvalue weighted by atomic mass is 35.5. The molecule has 0 N–H and O–H groups in total. The molecule has 2 aromatic carbocycles. The lowest BCUT2D eigenvalue weighted by atomic mass is 10.2. The smallest absolute Gasteiger partial charge is 0.266 e. The van der Waals surface area contributed by atoms with Crippen molar-refractivity contribution in [2.75, 3.05) is 20.3 Å². The van der Waals surface area contributed by atoms with Crippen molar-refractivity contribution in [3.05, 3.63) is 57.9 Å². The average molecular weight is 494 g/mol. The summed E-state index contributed by atoms with van der Waals surface area (Å²) in [4.78, 5) is 18.3. The van der Waals surface area contributed by atoms with E-state index in [2.05, 4.69) is 11.1 Å². The summed E-state index contributed by atoms with van der Waals surface area (Å²) in [5, 5.41) is 0.452. The van der Waals surface area contributed by atoms with Crippen molar-refractivity contribution in [3.63, 3.8) is 0 Å². The van der Waals surface area contributed by atoms with Gasteiger partial charge in [-0.15, -0.1) is 0 Å². The van der Waals surface area contributed by atoms with Crippen molar-refractivity contribution in [2.45, 2.75) is 37.2 Å². The maximum atomic E-state index is 13.2. The molecule has 0 bridgehead atoms. The molecule has 1 fully saturated rings. The van der Waals surface area contributed by atoms with Gasteiger partial charge < -0.3 is 9.30 Å². The molecule has 0 radical (unpaired) electrons. The zero-order valence-electron chi connectivity index (χ0n) is 17.8. The van der Waals surface area contributed by atoms with E-state index in [0.717, 1.165) is 15.8 Å². The molecule has 1 aliphatic rings. The maximum Gasteiger partial charge on any atom is 0.266 e. The highest BCUT2D eigenvalue weighted by molar-refractivity contribution is 7.89. The Labute approximate surface area is 196 Å². The fourth-order valence-electron chi connectivity index (χ4n) is 3.85. The number of aryl methyl sites for hydroxylation is 1.